The fourth-order valence-corrected chi connectivity index (χ4v) is 4.16. The van der Waals surface area contributed by atoms with Crippen molar-refractivity contribution < 1.29 is 12.8 Å². The zero-order chi connectivity index (χ0) is 15.8. The number of nitrogens with two attached hydrogens (primary N) is 1. The van der Waals surface area contributed by atoms with E-state index >= 15 is 0 Å². The van der Waals surface area contributed by atoms with E-state index in [-0.39, 0.29) is 16.1 Å². The Balaban J connectivity index is 2.30. The lowest BCUT2D eigenvalue weighted by Gasteiger charge is -2.14. The summed E-state index contributed by atoms with van der Waals surface area (Å²) in [5.74, 6) is -0.651. The average Bonchev–Trinajstić information content (AvgIpc) is 2.81. The number of nitrogen functional groups attached to an aromatic ring is 1. The Labute approximate surface area is 131 Å². The molecule has 1 unspecified atom stereocenters. The number of hydrogen-bond acceptors (Lipinski definition) is 4. The van der Waals surface area contributed by atoms with E-state index in [2.05, 4.69) is 4.72 Å². The van der Waals surface area contributed by atoms with Gasteiger partial charge in [-0.2, -0.15) is 0 Å². The second kappa shape index (κ2) is 5.92. The van der Waals surface area contributed by atoms with Crippen LogP contribution in [0.15, 0.2) is 29.2 Å². The summed E-state index contributed by atoms with van der Waals surface area (Å²) < 4.78 is 41.2. The van der Waals surface area contributed by atoms with E-state index in [0.717, 1.165) is 10.9 Å². The van der Waals surface area contributed by atoms with Crippen molar-refractivity contribution in [3.63, 3.8) is 0 Å². The summed E-state index contributed by atoms with van der Waals surface area (Å²) in [6.07, 6.45) is 0. The van der Waals surface area contributed by atoms with Crippen LogP contribution in [0.5, 0.6) is 0 Å². The maximum absolute atomic E-state index is 13.6. The summed E-state index contributed by atoms with van der Waals surface area (Å²) >= 11 is 7.11. The molecule has 0 radical (unpaired) electrons. The summed E-state index contributed by atoms with van der Waals surface area (Å²) in [7, 11) is -3.87. The Morgan fingerprint density at radius 1 is 1.38 bits per heavy atom. The van der Waals surface area contributed by atoms with Crippen LogP contribution in [0.1, 0.15) is 23.4 Å². The molecule has 0 saturated heterocycles. The van der Waals surface area contributed by atoms with Gasteiger partial charge in [0.15, 0.2) is 0 Å². The van der Waals surface area contributed by atoms with Crippen molar-refractivity contribution in [2.24, 2.45) is 0 Å². The standard InChI is InChI=1S/C13H14ClFN2O2S2/c1-7-10(15)5-9(6-11(7)16)21(18,19)17-8(2)12-3-4-13(14)20-12/h3-6,8,17H,16H2,1-2H3. The van der Waals surface area contributed by atoms with Crippen molar-refractivity contribution in [2.75, 3.05) is 5.73 Å². The largest absolute Gasteiger partial charge is 0.398 e. The fraction of sp³-hybridized carbons (Fsp3) is 0.231. The van der Waals surface area contributed by atoms with Gasteiger partial charge in [-0.05, 0) is 38.1 Å². The molecule has 1 aromatic carbocycles. The van der Waals surface area contributed by atoms with Gasteiger partial charge >= 0.3 is 0 Å². The molecule has 3 N–H and O–H groups in total. The molecule has 0 fully saturated rings. The number of sulfonamides is 1. The van der Waals surface area contributed by atoms with E-state index in [1.165, 1.54) is 24.3 Å². The van der Waals surface area contributed by atoms with Crippen molar-refractivity contribution in [1.82, 2.24) is 4.72 Å². The Hall–Kier alpha value is -1.15. The summed E-state index contributed by atoms with van der Waals surface area (Å²) in [5, 5.41) is 0. The predicted octanol–water partition coefficient (Wildman–Crippen LogP) is 3.47. The molecule has 0 aliphatic heterocycles. The summed E-state index contributed by atoms with van der Waals surface area (Å²) in [4.78, 5) is 0.571. The van der Waals surface area contributed by atoms with Gasteiger partial charge in [-0.1, -0.05) is 11.6 Å². The topological polar surface area (TPSA) is 72.2 Å². The molecule has 0 aliphatic carbocycles. The number of anilines is 1. The van der Waals surface area contributed by atoms with Gasteiger partial charge in [-0.25, -0.2) is 17.5 Å². The first-order chi connectivity index (χ1) is 9.70. The Morgan fingerprint density at radius 3 is 2.57 bits per heavy atom. The molecule has 4 nitrogen and oxygen atoms in total. The fourth-order valence-electron chi connectivity index (χ4n) is 1.75. The van der Waals surface area contributed by atoms with E-state index in [0.29, 0.717) is 4.34 Å². The van der Waals surface area contributed by atoms with E-state index in [1.807, 2.05) is 0 Å². The van der Waals surface area contributed by atoms with Crippen molar-refractivity contribution >= 4 is 38.6 Å². The molecule has 114 valence electrons. The number of thiophene rings is 1. The highest BCUT2D eigenvalue weighted by Crippen LogP contribution is 2.28. The zero-order valence-electron chi connectivity index (χ0n) is 11.4. The molecule has 0 saturated carbocycles. The van der Waals surface area contributed by atoms with Crippen molar-refractivity contribution in [2.45, 2.75) is 24.8 Å². The highest BCUT2D eigenvalue weighted by atomic mass is 35.5. The number of nitrogens with one attached hydrogen (secondary N) is 1. The van der Waals surface area contributed by atoms with Gasteiger partial charge in [0.1, 0.15) is 5.82 Å². The van der Waals surface area contributed by atoms with Crippen molar-refractivity contribution in [3.05, 3.63) is 44.9 Å². The molecule has 0 aliphatic rings. The minimum atomic E-state index is -3.87. The minimum Gasteiger partial charge on any atom is -0.398 e. The molecule has 0 amide bonds. The molecular formula is C13H14ClFN2O2S2. The highest BCUT2D eigenvalue weighted by molar-refractivity contribution is 7.89. The van der Waals surface area contributed by atoms with Gasteiger partial charge in [0, 0.05) is 16.1 Å². The van der Waals surface area contributed by atoms with E-state index < -0.39 is 21.9 Å². The Morgan fingerprint density at radius 2 is 2.05 bits per heavy atom. The summed E-state index contributed by atoms with van der Waals surface area (Å²) in [6.45, 7) is 3.18. The Kier molecular flexibility index (Phi) is 4.57. The lowest BCUT2D eigenvalue weighted by molar-refractivity contribution is 0.565. The molecule has 1 atom stereocenters. The summed E-state index contributed by atoms with van der Waals surface area (Å²) in [5.41, 5.74) is 5.94. The van der Waals surface area contributed by atoms with E-state index in [9.17, 15) is 12.8 Å². The molecule has 0 spiro atoms. The molecule has 2 aromatic rings. The van der Waals surface area contributed by atoms with Crippen LogP contribution < -0.4 is 10.5 Å². The van der Waals surface area contributed by atoms with Crippen LogP contribution in [0.2, 0.25) is 4.34 Å². The predicted molar refractivity (Wildman–Crippen MR) is 83.6 cm³/mol. The van der Waals surface area contributed by atoms with Gasteiger partial charge in [-0.15, -0.1) is 11.3 Å². The second-order valence-electron chi connectivity index (χ2n) is 4.60. The quantitative estimate of drug-likeness (QED) is 0.831. The van der Waals surface area contributed by atoms with Crippen LogP contribution in [0.25, 0.3) is 0 Å². The monoisotopic (exact) mass is 348 g/mol. The van der Waals surface area contributed by atoms with Gasteiger partial charge in [0.05, 0.1) is 15.3 Å². The van der Waals surface area contributed by atoms with Crippen LogP contribution in [-0.2, 0) is 10.0 Å². The van der Waals surface area contributed by atoms with Crippen molar-refractivity contribution in [1.29, 1.82) is 0 Å². The molecule has 1 heterocycles. The van der Waals surface area contributed by atoms with Crippen LogP contribution in [0, 0.1) is 12.7 Å². The number of benzene rings is 1. The normalized spacial score (nSPS) is 13.3. The van der Waals surface area contributed by atoms with E-state index in [1.54, 1.807) is 19.1 Å². The second-order valence-corrected chi connectivity index (χ2v) is 8.06. The lowest BCUT2D eigenvalue weighted by atomic mass is 10.2. The first-order valence-electron chi connectivity index (χ1n) is 6.04. The maximum atomic E-state index is 13.6. The third-order valence-corrected chi connectivity index (χ3v) is 5.96. The lowest BCUT2D eigenvalue weighted by Crippen LogP contribution is -2.26. The maximum Gasteiger partial charge on any atom is 0.241 e. The number of rotatable bonds is 4. The average molecular weight is 349 g/mol. The zero-order valence-corrected chi connectivity index (χ0v) is 13.7. The SMILES string of the molecule is Cc1c(N)cc(S(=O)(=O)NC(C)c2ccc(Cl)s2)cc1F. The summed E-state index contributed by atoms with van der Waals surface area (Å²) in [6, 6.07) is 5.16. The van der Waals surface area contributed by atoms with Crippen LogP contribution in [0.3, 0.4) is 0 Å². The van der Waals surface area contributed by atoms with Gasteiger partial charge < -0.3 is 5.73 Å². The van der Waals surface area contributed by atoms with E-state index in [4.69, 9.17) is 17.3 Å². The molecule has 8 heteroatoms. The highest BCUT2D eigenvalue weighted by Gasteiger charge is 2.21. The Bertz CT molecular complexity index is 751. The minimum absolute atomic E-state index is 0.0993. The first kappa shape index (κ1) is 16.2. The van der Waals surface area contributed by atoms with Crippen LogP contribution in [0.4, 0.5) is 10.1 Å². The third-order valence-electron chi connectivity index (χ3n) is 3.02. The smallest absolute Gasteiger partial charge is 0.241 e. The third kappa shape index (κ3) is 3.55. The number of hydrogen-bond donors (Lipinski definition) is 2. The van der Waals surface area contributed by atoms with Crippen molar-refractivity contribution in [3.8, 4) is 0 Å². The molecule has 1 aromatic heterocycles. The molecule has 21 heavy (non-hydrogen) atoms. The first-order valence-corrected chi connectivity index (χ1v) is 8.71. The number of halogens is 2. The molecule has 2 rings (SSSR count). The molecule has 0 bridgehead atoms. The van der Waals surface area contributed by atoms with Gasteiger partial charge in [0.2, 0.25) is 10.0 Å². The van der Waals surface area contributed by atoms with Gasteiger partial charge in [0.25, 0.3) is 0 Å². The van der Waals surface area contributed by atoms with Gasteiger partial charge in [-0.3, -0.25) is 0 Å². The molecular weight excluding hydrogens is 335 g/mol. The van der Waals surface area contributed by atoms with Crippen LogP contribution in [-0.4, -0.2) is 8.42 Å². The van der Waals surface area contributed by atoms with Crippen LogP contribution >= 0.6 is 22.9 Å².